The van der Waals surface area contributed by atoms with Crippen molar-refractivity contribution in [2.45, 2.75) is 25.3 Å². The Morgan fingerprint density at radius 1 is 0.581 bits per heavy atom. The highest BCUT2D eigenvalue weighted by Gasteiger charge is 2.21. The molecule has 0 fully saturated rings. The molecular formula is C28H29N3. The topological polar surface area (TPSA) is 29.0 Å². The van der Waals surface area contributed by atoms with Gasteiger partial charge in [-0.1, -0.05) is 72.8 Å². The van der Waals surface area contributed by atoms with E-state index in [1.807, 2.05) is 24.5 Å². The van der Waals surface area contributed by atoms with E-state index in [4.69, 9.17) is 0 Å². The van der Waals surface area contributed by atoms with Crippen LogP contribution in [0.3, 0.4) is 0 Å². The van der Waals surface area contributed by atoms with Gasteiger partial charge >= 0.3 is 0 Å². The van der Waals surface area contributed by atoms with Gasteiger partial charge < -0.3 is 0 Å². The van der Waals surface area contributed by atoms with Crippen LogP contribution >= 0.6 is 0 Å². The third-order valence-corrected chi connectivity index (χ3v) is 5.66. The van der Waals surface area contributed by atoms with Gasteiger partial charge in [-0.3, -0.25) is 14.9 Å². The first-order chi connectivity index (χ1) is 15.4. The maximum Gasteiger partial charge on any atom is 0.0416 e. The maximum absolute atomic E-state index is 4.55. The summed E-state index contributed by atoms with van der Waals surface area (Å²) < 4.78 is 0. The molecule has 4 aromatic rings. The van der Waals surface area contributed by atoms with Crippen molar-refractivity contribution in [2.75, 3.05) is 13.1 Å². The first kappa shape index (κ1) is 21.0. The molecule has 1 unspecified atom stereocenters. The Bertz CT molecular complexity index is 962. The van der Waals surface area contributed by atoms with Crippen LogP contribution in [0.4, 0.5) is 0 Å². The number of rotatable bonds is 10. The van der Waals surface area contributed by atoms with Gasteiger partial charge in [0.1, 0.15) is 0 Å². The highest BCUT2D eigenvalue weighted by atomic mass is 15.2. The maximum atomic E-state index is 4.55. The van der Waals surface area contributed by atoms with E-state index in [2.05, 4.69) is 99.8 Å². The van der Waals surface area contributed by atoms with Crippen LogP contribution < -0.4 is 0 Å². The van der Waals surface area contributed by atoms with Crippen LogP contribution in [-0.2, 0) is 19.3 Å². The molecule has 0 N–H and O–H groups in total. The lowest BCUT2D eigenvalue weighted by Gasteiger charge is -2.32. The van der Waals surface area contributed by atoms with Crippen molar-refractivity contribution in [2.24, 2.45) is 0 Å². The number of hydrogen-bond donors (Lipinski definition) is 0. The van der Waals surface area contributed by atoms with Gasteiger partial charge in [0, 0.05) is 55.8 Å². The smallest absolute Gasteiger partial charge is 0.0416 e. The molecule has 0 aliphatic heterocycles. The Kier molecular flexibility index (Phi) is 7.56. The van der Waals surface area contributed by atoms with Gasteiger partial charge in [-0.2, -0.15) is 0 Å². The molecular weight excluding hydrogens is 378 g/mol. The molecule has 2 aromatic heterocycles. The summed E-state index contributed by atoms with van der Waals surface area (Å²) in [4.78, 5) is 11.7. The standard InChI is InChI=1S/C28H29N3/c1-3-11-24(12-4-1)23-28(25-13-5-2-6-14-25)31(21-17-26-15-7-9-19-29-26)22-18-27-16-8-10-20-30-27/h1-16,19-20,28H,17-18,21-23H2. The van der Waals surface area contributed by atoms with E-state index in [1.54, 1.807) is 0 Å². The van der Waals surface area contributed by atoms with E-state index < -0.39 is 0 Å². The average Bonchev–Trinajstić information content (AvgIpc) is 2.85. The van der Waals surface area contributed by atoms with E-state index in [-0.39, 0.29) is 0 Å². The Morgan fingerprint density at radius 3 is 1.61 bits per heavy atom. The van der Waals surface area contributed by atoms with Crippen LogP contribution in [0.1, 0.15) is 28.6 Å². The van der Waals surface area contributed by atoms with E-state index in [0.717, 1.165) is 43.7 Å². The molecule has 0 aliphatic rings. The van der Waals surface area contributed by atoms with Crippen LogP contribution in [-0.4, -0.2) is 28.0 Å². The minimum atomic E-state index is 0.302. The Balaban J connectivity index is 1.58. The fourth-order valence-electron chi connectivity index (χ4n) is 4.00. The lowest BCUT2D eigenvalue weighted by Crippen LogP contribution is -2.34. The summed E-state index contributed by atoms with van der Waals surface area (Å²) in [5.74, 6) is 0. The third-order valence-electron chi connectivity index (χ3n) is 5.66. The first-order valence-corrected chi connectivity index (χ1v) is 11.0. The Hall–Kier alpha value is -3.30. The second-order valence-corrected chi connectivity index (χ2v) is 7.79. The van der Waals surface area contributed by atoms with Gasteiger partial charge in [-0.15, -0.1) is 0 Å². The first-order valence-electron chi connectivity index (χ1n) is 11.0. The highest BCUT2D eigenvalue weighted by molar-refractivity contribution is 5.24. The normalized spacial score (nSPS) is 12.0. The lowest BCUT2D eigenvalue weighted by molar-refractivity contribution is 0.199. The molecule has 156 valence electrons. The van der Waals surface area contributed by atoms with Gasteiger partial charge in [0.05, 0.1) is 0 Å². The molecule has 0 bridgehead atoms. The summed E-state index contributed by atoms with van der Waals surface area (Å²) in [5, 5.41) is 0. The summed E-state index contributed by atoms with van der Waals surface area (Å²) in [6.45, 7) is 1.91. The number of aromatic nitrogens is 2. The molecule has 1 atom stereocenters. The summed E-state index contributed by atoms with van der Waals surface area (Å²) >= 11 is 0. The van der Waals surface area contributed by atoms with E-state index >= 15 is 0 Å². The van der Waals surface area contributed by atoms with Crippen LogP contribution in [0, 0.1) is 0 Å². The zero-order valence-corrected chi connectivity index (χ0v) is 17.8. The van der Waals surface area contributed by atoms with Gasteiger partial charge in [-0.25, -0.2) is 0 Å². The van der Waals surface area contributed by atoms with Crippen LogP contribution in [0.25, 0.3) is 0 Å². The summed E-state index contributed by atoms with van der Waals surface area (Å²) in [6.07, 6.45) is 6.61. The van der Waals surface area contributed by atoms with Crippen LogP contribution in [0.2, 0.25) is 0 Å². The van der Waals surface area contributed by atoms with Gasteiger partial charge in [-0.05, 0) is 41.8 Å². The lowest BCUT2D eigenvalue weighted by atomic mass is 9.96. The minimum absolute atomic E-state index is 0.302. The molecule has 4 rings (SSSR count). The number of benzene rings is 2. The predicted molar refractivity (Wildman–Crippen MR) is 127 cm³/mol. The number of hydrogen-bond acceptors (Lipinski definition) is 3. The molecule has 0 amide bonds. The van der Waals surface area contributed by atoms with E-state index in [9.17, 15) is 0 Å². The molecule has 0 spiro atoms. The molecule has 0 radical (unpaired) electrons. The second kappa shape index (κ2) is 11.2. The number of pyridine rings is 2. The van der Waals surface area contributed by atoms with Crippen molar-refractivity contribution in [1.82, 2.24) is 14.9 Å². The van der Waals surface area contributed by atoms with Crippen molar-refractivity contribution in [3.8, 4) is 0 Å². The monoisotopic (exact) mass is 407 g/mol. The fraction of sp³-hybridized carbons (Fsp3) is 0.214. The predicted octanol–water partition coefficient (Wildman–Crippen LogP) is 5.55. The second-order valence-electron chi connectivity index (χ2n) is 7.79. The van der Waals surface area contributed by atoms with Gasteiger partial charge in [0.25, 0.3) is 0 Å². The van der Waals surface area contributed by atoms with Crippen LogP contribution in [0.5, 0.6) is 0 Å². The van der Waals surface area contributed by atoms with Gasteiger partial charge in [0.2, 0.25) is 0 Å². The van der Waals surface area contributed by atoms with Crippen molar-refractivity contribution < 1.29 is 0 Å². The highest BCUT2D eigenvalue weighted by Crippen LogP contribution is 2.26. The summed E-state index contributed by atoms with van der Waals surface area (Å²) in [5.41, 5.74) is 4.99. The third kappa shape index (κ3) is 6.34. The zero-order valence-electron chi connectivity index (χ0n) is 17.8. The summed E-state index contributed by atoms with van der Waals surface area (Å²) in [7, 11) is 0. The van der Waals surface area contributed by atoms with Crippen LogP contribution in [0.15, 0.2) is 109 Å². The molecule has 31 heavy (non-hydrogen) atoms. The quantitative estimate of drug-likeness (QED) is 0.345. The molecule has 2 heterocycles. The Labute approximate surface area is 185 Å². The largest absolute Gasteiger partial charge is 0.295 e. The molecule has 0 aliphatic carbocycles. The van der Waals surface area contributed by atoms with Crippen molar-refractivity contribution >= 4 is 0 Å². The SMILES string of the molecule is c1ccc(CC(c2ccccc2)N(CCc2ccccn2)CCc2ccccn2)cc1. The average molecular weight is 408 g/mol. The molecule has 2 aromatic carbocycles. The van der Waals surface area contributed by atoms with Crippen molar-refractivity contribution in [1.29, 1.82) is 0 Å². The molecule has 0 saturated carbocycles. The molecule has 0 saturated heterocycles. The molecule has 3 heteroatoms. The van der Waals surface area contributed by atoms with Gasteiger partial charge in [0.15, 0.2) is 0 Å². The fourth-order valence-corrected chi connectivity index (χ4v) is 4.00. The number of nitrogens with zero attached hydrogens (tertiary/aromatic N) is 3. The molecule has 3 nitrogen and oxygen atoms in total. The van der Waals surface area contributed by atoms with E-state index in [1.165, 1.54) is 11.1 Å². The summed E-state index contributed by atoms with van der Waals surface area (Å²) in [6, 6.07) is 34.3. The van der Waals surface area contributed by atoms with E-state index in [0.29, 0.717) is 6.04 Å². The van der Waals surface area contributed by atoms with Crippen molar-refractivity contribution in [3.05, 3.63) is 132 Å². The Morgan fingerprint density at radius 2 is 1.10 bits per heavy atom. The zero-order chi connectivity index (χ0) is 21.1. The minimum Gasteiger partial charge on any atom is -0.295 e. The van der Waals surface area contributed by atoms with Crippen molar-refractivity contribution in [3.63, 3.8) is 0 Å².